The van der Waals surface area contributed by atoms with Crippen LogP contribution in [-0.2, 0) is 14.1 Å². The zero-order valence-electron chi connectivity index (χ0n) is 9.02. The summed E-state index contributed by atoms with van der Waals surface area (Å²) in [6.45, 7) is 2.35. The Hall–Kier alpha value is -0.510. The van der Waals surface area contributed by atoms with E-state index >= 15 is 0 Å². The van der Waals surface area contributed by atoms with Gasteiger partial charge < -0.3 is 16.2 Å². The van der Waals surface area contributed by atoms with Crippen LogP contribution < -0.4 is 11.5 Å². The SMILES string of the molecule is CCCC(N)COC(CCP=O)C(N)=O. The predicted molar refractivity (Wildman–Crippen MR) is 58.9 cm³/mol. The lowest BCUT2D eigenvalue weighted by atomic mass is 10.2. The molecule has 0 aliphatic carbocycles. The van der Waals surface area contributed by atoms with E-state index in [4.69, 9.17) is 16.2 Å². The van der Waals surface area contributed by atoms with E-state index in [-0.39, 0.29) is 14.5 Å². The summed E-state index contributed by atoms with van der Waals surface area (Å²) in [5, 5.41) is 0. The standard InChI is InChI=1S/C9H19N2O3P/c1-2-3-7(10)6-14-8(9(11)12)4-5-15-13/h7-8H,2-6,10H2,1H3,(H2,11,12). The third-order valence-corrected chi connectivity index (χ3v) is 2.41. The Bertz CT molecular complexity index is 202. The molecule has 5 nitrogen and oxygen atoms in total. The molecule has 2 atom stereocenters. The Kier molecular flexibility index (Phi) is 8.47. The van der Waals surface area contributed by atoms with Gasteiger partial charge in [-0.2, -0.15) is 0 Å². The van der Waals surface area contributed by atoms with Gasteiger partial charge in [-0.15, -0.1) is 0 Å². The van der Waals surface area contributed by atoms with Crippen LogP contribution in [-0.4, -0.2) is 30.8 Å². The smallest absolute Gasteiger partial charge is 0.246 e. The van der Waals surface area contributed by atoms with Gasteiger partial charge in [0.15, 0.2) is 8.46 Å². The highest BCUT2D eigenvalue weighted by molar-refractivity contribution is 7.23. The molecule has 0 aromatic heterocycles. The summed E-state index contributed by atoms with van der Waals surface area (Å²) in [6, 6.07) is -0.0679. The van der Waals surface area contributed by atoms with E-state index in [2.05, 4.69) is 0 Å². The molecule has 0 saturated carbocycles. The third kappa shape index (κ3) is 7.42. The van der Waals surface area contributed by atoms with Crippen LogP contribution in [0, 0.1) is 0 Å². The molecule has 1 amide bonds. The Morgan fingerprint density at radius 3 is 2.60 bits per heavy atom. The predicted octanol–water partition coefficient (Wildman–Crippen LogP) is 0.666. The molecule has 88 valence electrons. The van der Waals surface area contributed by atoms with Crippen molar-refractivity contribution in [3.8, 4) is 0 Å². The normalized spacial score (nSPS) is 15.1. The first-order valence-electron chi connectivity index (χ1n) is 5.07. The van der Waals surface area contributed by atoms with Gasteiger partial charge in [-0.3, -0.25) is 9.36 Å². The van der Waals surface area contributed by atoms with Crippen molar-refractivity contribution in [1.82, 2.24) is 0 Å². The minimum absolute atomic E-state index is 0.00181. The Balaban J connectivity index is 3.84. The van der Waals surface area contributed by atoms with Gasteiger partial charge in [-0.25, -0.2) is 0 Å². The van der Waals surface area contributed by atoms with Crippen molar-refractivity contribution in [3.63, 3.8) is 0 Å². The van der Waals surface area contributed by atoms with Crippen LogP contribution in [0.25, 0.3) is 0 Å². The number of hydrogen-bond donors (Lipinski definition) is 2. The lowest BCUT2D eigenvalue weighted by Crippen LogP contribution is -2.36. The first kappa shape index (κ1) is 14.5. The first-order chi connectivity index (χ1) is 7.11. The second-order valence-corrected chi connectivity index (χ2v) is 4.12. The molecule has 0 aromatic carbocycles. The molecule has 2 unspecified atom stereocenters. The van der Waals surface area contributed by atoms with Crippen molar-refractivity contribution in [2.75, 3.05) is 12.8 Å². The van der Waals surface area contributed by atoms with E-state index < -0.39 is 12.0 Å². The molecule has 0 bridgehead atoms. The number of hydrogen-bond acceptors (Lipinski definition) is 4. The number of rotatable bonds is 9. The van der Waals surface area contributed by atoms with Crippen molar-refractivity contribution in [2.45, 2.75) is 38.3 Å². The molecular formula is C9H19N2O3P. The average molecular weight is 234 g/mol. The third-order valence-electron chi connectivity index (χ3n) is 1.97. The topological polar surface area (TPSA) is 95.4 Å². The van der Waals surface area contributed by atoms with Gasteiger partial charge in [0.2, 0.25) is 5.91 Å². The Labute approximate surface area is 91.7 Å². The first-order valence-corrected chi connectivity index (χ1v) is 6.07. The highest BCUT2D eigenvalue weighted by Crippen LogP contribution is 2.05. The van der Waals surface area contributed by atoms with Gasteiger partial charge in [0.05, 0.1) is 6.61 Å². The summed E-state index contributed by atoms with van der Waals surface area (Å²) in [5.41, 5.74) is 10.8. The van der Waals surface area contributed by atoms with E-state index in [1.165, 1.54) is 0 Å². The van der Waals surface area contributed by atoms with E-state index in [0.717, 1.165) is 12.8 Å². The minimum atomic E-state index is -0.672. The zero-order chi connectivity index (χ0) is 11.7. The molecular weight excluding hydrogens is 215 g/mol. The number of amides is 1. The van der Waals surface area contributed by atoms with Crippen molar-refractivity contribution >= 4 is 14.4 Å². The van der Waals surface area contributed by atoms with Gasteiger partial charge in [-0.05, 0) is 12.8 Å². The van der Waals surface area contributed by atoms with Crippen molar-refractivity contribution in [2.24, 2.45) is 11.5 Å². The maximum atomic E-state index is 10.9. The molecule has 0 spiro atoms. The second-order valence-electron chi connectivity index (χ2n) is 3.41. The molecule has 0 rings (SSSR count). The minimum Gasteiger partial charge on any atom is -0.367 e. The molecule has 0 heterocycles. The number of ether oxygens (including phenoxy) is 1. The van der Waals surface area contributed by atoms with Crippen LogP contribution in [0.15, 0.2) is 0 Å². The molecule has 0 saturated heterocycles. The van der Waals surface area contributed by atoms with E-state index in [0.29, 0.717) is 19.2 Å². The van der Waals surface area contributed by atoms with Crippen LogP contribution >= 0.6 is 8.46 Å². The highest BCUT2D eigenvalue weighted by Gasteiger charge is 2.16. The average Bonchev–Trinajstić information content (AvgIpc) is 2.17. The molecule has 0 fully saturated rings. The monoisotopic (exact) mass is 234 g/mol. The lowest BCUT2D eigenvalue weighted by molar-refractivity contribution is -0.129. The lowest BCUT2D eigenvalue weighted by Gasteiger charge is -2.16. The summed E-state index contributed by atoms with van der Waals surface area (Å²) in [4.78, 5) is 10.9. The van der Waals surface area contributed by atoms with Gasteiger partial charge in [0, 0.05) is 12.2 Å². The summed E-state index contributed by atoms with van der Waals surface area (Å²) < 4.78 is 15.5. The van der Waals surface area contributed by atoms with Gasteiger partial charge in [0.1, 0.15) is 6.10 Å². The quantitative estimate of drug-likeness (QED) is 0.573. The highest BCUT2D eigenvalue weighted by atomic mass is 31.1. The van der Waals surface area contributed by atoms with Crippen molar-refractivity contribution in [3.05, 3.63) is 0 Å². The Morgan fingerprint density at radius 1 is 1.47 bits per heavy atom. The number of primary amides is 1. The largest absolute Gasteiger partial charge is 0.367 e. The molecule has 0 aliphatic rings. The van der Waals surface area contributed by atoms with Crippen LogP contribution in [0.1, 0.15) is 26.2 Å². The molecule has 0 aliphatic heterocycles. The number of nitrogens with two attached hydrogens (primary N) is 2. The van der Waals surface area contributed by atoms with Gasteiger partial charge in [0.25, 0.3) is 0 Å². The number of carbonyl (C=O) groups is 1. The maximum absolute atomic E-state index is 10.9. The van der Waals surface area contributed by atoms with Crippen molar-refractivity contribution in [1.29, 1.82) is 0 Å². The van der Waals surface area contributed by atoms with Gasteiger partial charge in [-0.1, -0.05) is 13.3 Å². The number of carbonyl (C=O) groups excluding carboxylic acids is 1. The Morgan fingerprint density at radius 2 is 2.13 bits per heavy atom. The summed E-state index contributed by atoms with van der Waals surface area (Å²) in [7, 11) is -0.00181. The van der Waals surface area contributed by atoms with Crippen molar-refractivity contribution < 1.29 is 14.1 Å². The molecule has 6 heteroatoms. The van der Waals surface area contributed by atoms with Crippen LogP contribution in [0.4, 0.5) is 0 Å². The van der Waals surface area contributed by atoms with E-state index in [1.807, 2.05) is 6.92 Å². The van der Waals surface area contributed by atoms with Crippen LogP contribution in [0.2, 0.25) is 0 Å². The summed E-state index contributed by atoms with van der Waals surface area (Å²) >= 11 is 0. The maximum Gasteiger partial charge on any atom is 0.246 e. The van der Waals surface area contributed by atoms with Crippen LogP contribution in [0.5, 0.6) is 0 Å². The fraction of sp³-hybridized carbons (Fsp3) is 0.889. The second kappa shape index (κ2) is 8.77. The fourth-order valence-corrected chi connectivity index (χ4v) is 1.51. The molecule has 0 aromatic rings. The molecule has 15 heavy (non-hydrogen) atoms. The van der Waals surface area contributed by atoms with E-state index in [1.54, 1.807) is 0 Å². The summed E-state index contributed by atoms with van der Waals surface area (Å²) in [5.74, 6) is -0.526. The van der Waals surface area contributed by atoms with Crippen LogP contribution in [0.3, 0.4) is 0 Å². The molecule has 4 N–H and O–H groups in total. The fourth-order valence-electron chi connectivity index (χ4n) is 1.17. The molecule has 0 radical (unpaired) electrons. The zero-order valence-corrected chi connectivity index (χ0v) is 9.91. The van der Waals surface area contributed by atoms with E-state index in [9.17, 15) is 9.36 Å². The summed E-state index contributed by atoms with van der Waals surface area (Å²) in [6.07, 6.45) is 1.90. The van der Waals surface area contributed by atoms with Gasteiger partial charge >= 0.3 is 0 Å².